The lowest BCUT2D eigenvalue weighted by atomic mass is 10.1. The highest BCUT2D eigenvalue weighted by atomic mass is 15.4. The Morgan fingerprint density at radius 1 is 0.739 bits per heavy atom. The first-order chi connectivity index (χ1) is 11.2. The second kappa shape index (κ2) is 5.39. The SMILES string of the molecule is Cc1cc2c(cc1C)N(c1ccccn1)CN2c1ccccn1. The van der Waals surface area contributed by atoms with Gasteiger partial charge < -0.3 is 9.80 Å². The van der Waals surface area contributed by atoms with Gasteiger partial charge in [0.15, 0.2) is 0 Å². The second-order valence-electron chi connectivity index (χ2n) is 5.80. The minimum atomic E-state index is 0.715. The van der Waals surface area contributed by atoms with Gasteiger partial charge in [0.05, 0.1) is 11.4 Å². The smallest absolute Gasteiger partial charge is 0.134 e. The number of hydrogen-bond acceptors (Lipinski definition) is 4. The van der Waals surface area contributed by atoms with E-state index in [-0.39, 0.29) is 0 Å². The van der Waals surface area contributed by atoms with Crippen molar-refractivity contribution >= 4 is 23.0 Å². The van der Waals surface area contributed by atoms with Crippen LogP contribution >= 0.6 is 0 Å². The van der Waals surface area contributed by atoms with Gasteiger partial charge in [-0.25, -0.2) is 9.97 Å². The zero-order valence-corrected chi connectivity index (χ0v) is 13.3. The number of pyridine rings is 2. The molecule has 3 aromatic rings. The van der Waals surface area contributed by atoms with Gasteiger partial charge in [0.2, 0.25) is 0 Å². The van der Waals surface area contributed by atoms with Gasteiger partial charge in [-0.3, -0.25) is 0 Å². The van der Waals surface area contributed by atoms with Crippen LogP contribution in [0.3, 0.4) is 0 Å². The quantitative estimate of drug-likeness (QED) is 0.705. The largest absolute Gasteiger partial charge is 0.306 e. The number of benzene rings is 1. The molecular formula is C19H18N4. The summed E-state index contributed by atoms with van der Waals surface area (Å²) >= 11 is 0. The average Bonchev–Trinajstić information content (AvgIpc) is 2.95. The van der Waals surface area contributed by atoms with Crippen LogP contribution in [0.2, 0.25) is 0 Å². The molecule has 4 heteroatoms. The highest BCUT2D eigenvalue weighted by Crippen LogP contribution is 2.44. The highest BCUT2D eigenvalue weighted by molar-refractivity contribution is 5.86. The van der Waals surface area contributed by atoms with Crippen molar-refractivity contribution in [2.24, 2.45) is 0 Å². The van der Waals surface area contributed by atoms with Crippen molar-refractivity contribution in [3.63, 3.8) is 0 Å². The molecule has 0 unspecified atom stereocenters. The molecule has 0 bridgehead atoms. The maximum atomic E-state index is 4.52. The van der Waals surface area contributed by atoms with E-state index in [0.717, 1.165) is 11.6 Å². The fraction of sp³-hybridized carbons (Fsp3) is 0.158. The van der Waals surface area contributed by atoms with Crippen molar-refractivity contribution in [3.8, 4) is 0 Å². The number of nitrogens with zero attached hydrogens (tertiary/aromatic N) is 4. The van der Waals surface area contributed by atoms with E-state index in [1.807, 2.05) is 48.8 Å². The number of anilines is 4. The van der Waals surface area contributed by atoms with Gasteiger partial charge in [0.1, 0.15) is 18.3 Å². The van der Waals surface area contributed by atoms with E-state index in [1.165, 1.54) is 22.5 Å². The third-order valence-corrected chi connectivity index (χ3v) is 4.31. The number of aryl methyl sites for hydroxylation is 2. The van der Waals surface area contributed by atoms with Crippen molar-refractivity contribution < 1.29 is 0 Å². The van der Waals surface area contributed by atoms with Crippen LogP contribution in [0.1, 0.15) is 11.1 Å². The van der Waals surface area contributed by atoms with Gasteiger partial charge in [-0.05, 0) is 61.4 Å². The normalized spacial score (nSPS) is 13.3. The minimum Gasteiger partial charge on any atom is -0.306 e. The van der Waals surface area contributed by atoms with Crippen molar-refractivity contribution in [2.75, 3.05) is 16.5 Å². The van der Waals surface area contributed by atoms with Crippen molar-refractivity contribution in [1.82, 2.24) is 9.97 Å². The Kier molecular flexibility index (Phi) is 3.23. The Hall–Kier alpha value is -2.88. The van der Waals surface area contributed by atoms with Gasteiger partial charge in [-0.2, -0.15) is 0 Å². The molecule has 1 aromatic carbocycles. The van der Waals surface area contributed by atoms with E-state index in [1.54, 1.807) is 0 Å². The lowest BCUT2D eigenvalue weighted by Gasteiger charge is -2.20. The van der Waals surface area contributed by atoms with Crippen LogP contribution in [0.4, 0.5) is 23.0 Å². The zero-order chi connectivity index (χ0) is 15.8. The summed E-state index contributed by atoms with van der Waals surface area (Å²) in [5, 5.41) is 0. The third kappa shape index (κ3) is 2.32. The van der Waals surface area contributed by atoms with Crippen molar-refractivity contribution in [1.29, 1.82) is 0 Å². The molecule has 0 saturated carbocycles. The van der Waals surface area contributed by atoms with E-state index in [0.29, 0.717) is 6.67 Å². The van der Waals surface area contributed by atoms with Gasteiger partial charge >= 0.3 is 0 Å². The molecule has 2 aromatic heterocycles. The Balaban J connectivity index is 1.86. The lowest BCUT2D eigenvalue weighted by Crippen LogP contribution is -2.25. The van der Waals surface area contributed by atoms with Crippen LogP contribution in [0.5, 0.6) is 0 Å². The summed E-state index contributed by atoms with van der Waals surface area (Å²) in [4.78, 5) is 13.5. The van der Waals surface area contributed by atoms with Crippen LogP contribution in [0.15, 0.2) is 60.9 Å². The molecule has 0 fully saturated rings. The molecule has 3 heterocycles. The van der Waals surface area contributed by atoms with Gasteiger partial charge in [0.25, 0.3) is 0 Å². The van der Waals surface area contributed by atoms with E-state index in [2.05, 4.69) is 45.7 Å². The Morgan fingerprint density at radius 3 is 1.61 bits per heavy atom. The molecule has 0 saturated heterocycles. The summed E-state index contributed by atoms with van der Waals surface area (Å²) in [6, 6.07) is 16.5. The summed E-state index contributed by atoms with van der Waals surface area (Å²) in [5.41, 5.74) is 4.93. The van der Waals surface area contributed by atoms with Gasteiger partial charge in [-0.15, -0.1) is 0 Å². The number of rotatable bonds is 2. The van der Waals surface area contributed by atoms with Gasteiger partial charge in [0, 0.05) is 12.4 Å². The first-order valence-electron chi connectivity index (χ1n) is 7.72. The molecule has 0 aliphatic carbocycles. The number of fused-ring (bicyclic) bond motifs is 1. The predicted molar refractivity (Wildman–Crippen MR) is 93.5 cm³/mol. The first kappa shape index (κ1) is 13.8. The van der Waals surface area contributed by atoms with Crippen molar-refractivity contribution in [2.45, 2.75) is 13.8 Å². The number of aromatic nitrogens is 2. The van der Waals surface area contributed by atoms with E-state index < -0.39 is 0 Å². The molecule has 23 heavy (non-hydrogen) atoms. The summed E-state index contributed by atoms with van der Waals surface area (Å²) < 4.78 is 0. The van der Waals surface area contributed by atoms with Gasteiger partial charge in [-0.1, -0.05) is 12.1 Å². The standard InChI is InChI=1S/C19H18N4/c1-14-11-16-17(12-15(14)2)23(19-8-4-6-10-21-19)13-22(16)18-7-3-5-9-20-18/h3-12H,13H2,1-2H3. The summed E-state index contributed by atoms with van der Waals surface area (Å²) in [6.07, 6.45) is 3.67. The first-order valence-corrected chi connectivity index (χ1v) is 7.72. The predicted octanol–water partition coefficient (Wildman–Crippen LogP) is 4.34. The molecule has 1 aliphatic rings. The van der Waals surface area contributed by atoms with E-state index in [4.69, 9.17) is 0 Å². The minimum absolute atomic E-state index is 0.715. The molecule has 0 amide bonds. The average molecular weight is 302 g/mol. The van der Waals surface area contributed by atoms with Crippen LogP contribution in [0, 0.1) is 13.8 Å². The molecule has 114 valence electrons. The van der Waals surface area contributed by atoms with Crippen LogP contribution in [-0.4, -0.2) is 16.6 Å². The van der Waals surface area contributed by atoms with Crippen LogP contribution in [0.25, 0.3) is 0 Å². The van der Waals surface area contributed by atoms with E-state index in [9.17, 15) is 0 Å². The fourth-order valence-electron chi connectivity index (χ4n) is 2.93. The molecule has 4 nitrogen and oxygen atoms in total. The molecule has 0 N–H and O–H groups in total. The maximum absolute atomic E-state index is 4.52. The maximum Gasteiger partial charge on any atom is 0.134 e. The number of hydrogen-bond donors (Lipinski definition) is 0. The summed E-state index contributed by atoms with van der Waals surface area (Å²) in [6.45, 7) is 5.01. The topological polar surface area (TPSA) is 32.3 Å². The molecule has 1 aliphatic heterocycles. The summed E-state index contributed by atoms with van der Waals surface area (Å²) in [5.74, 6) is 1.91. The highest BCUT2D eigenvalue weighted by Gasteiger charge is 2.29. The molecule has 0 radical (unpaired) electrons. The second-order valence-corrected chi connectivity index (χ2v) is 5.80. The monoisotopic (exact) mass is 302 g/mol. The Morgan fingerprint density at radius 2 is 1.22 bits per heavy atom. The molecule has 0 spiro atoms. The molecular weight excluding hydrogens is 284 g/mol. The van der Waals surface area contributed by atoms with Crippen LogP contribution < -0.4 is 9.80 Å². The van der Waals surface area contributed by atoms with Crippen molar-refractivity contribution in [3.05, 3.63) is 72.1 Å². The molecule has 0 atom stereocenters. The molecule has 4 rings (SSSR count). The lowest BCUT2D eigenvalue weighted by molar-refractivity contribution is 0.950. The van der Waals surface area contributed by atoms with Crippen LogP contribution in [-0.2, 0) is 0 Å². The third-order valence-electron chi connectivity index (χ3n) is 4.31. The van der Waals surface area contributed by atoms with E-state index >= 15 is 0 Å². The zero-order valence-electron chi connectivity index (χ0n) is 13.3. The fourth-order valence-corrected chi connectivity index (χ4v) is 2.93. The Labute approximate surface area is 136 Å². The Bertz CT molecular complexity index is 760. The summed E-state index contributed by atoms with van der Waals surface area (Å²) in [7, 11) is 0.